The van der Waals surface area contributed by atoms with Gasteiger partial charge in [0.1, 0.15) is 12.0 Å². The molecule has 2 bridgehead atoms. The van der Waals surface area contributed by atoms with Gasteiger partial charge in [-0.1, -0.05) is 0 Å². The molecule has 7 heteroatoms. The molecule has 2 aromatic rings. The van der Waals surface area contributed by atoms with E-state index in [1.807, 2.05) is 0 Å². The molecule has 3 fully saturated rings. The van der Waals surface area contributed by atoms with Crippen molar-refractivity contribution in [3.63, 3.8) is 0 Å². The van der Waals surface area contributed by atoms with E-state index in [9.17, 15) is 9.59 Å². The van der Waals surface area contributed by atoms with E-state index in [4.69, 9.17) is 4.42 Å². The average molecular weight is 328 g/mol. The zero-order chi connectivity index (χ0) is 16.7. The first-order chi connectivity index (χ1) is 11.6. The van der Waals surface area contributed by atoms with Crippen molar-refractivity contribution < 1.29 is 14.0 Å². The molecule has 126 valence electrons. The molecule has 1 atom stereocenters. The van der Waals surface area contributed by atoms with Crippen molar-refractivity contribution in [2.45, 2.75) is 25.8 Å². The lowest BCUT2D eigenvalue weighted by atomic mass is 9.84. The van der Waals surface area contributed by atoms with E-state index in [0.29, 0.717) is 28.3 Å². The lowest BCUT2D eigenvalue weighted by Gasteiger charge is -2.44. The monoisotopic (exact) mass is 328 g/mol. The summed E-state index contributed by atoms with van der Waals surface area (Å²) in [6.07, 6.45) is 5.27. The highest BCUT2D eigenvalue weighted by molar-refractivity contribution is 6.02. The fourth-order valence-corrected chi connectivity index (χ4v) is 3.71. The number of nitrogens with zero attached hydrogens (tertiary/aromatic N) is 2. The lowest BCUT2D eigenvalue weighted by molar-refractivity contribution is -0.114. The van der Waals surface area contributed by atoms with E-state index in [2.05, 4.69) is 20.5 Å². The lowest BCUT2D eigenvalue weighted by Crippen LogP contribution is -2.57. The Hall–Kier alpha value is -2.41. The quantitative estimate of drug-likeness (QED) is 0.894. The molecule has 1 unspecified atom stereocenters. The fraction of sp³-hybridized carbons (Fsp3) is 0.471. The molecule has 7 nitrogen and oxygen atoms in total. The van der Waals surface area contributed by atoms with Crippen molar-refractivity contribution in [3.8, 4) is 0 Å². The van der Waals surface area contributed by atoms with E-state index in [-0.39, 0.29) is 17.9 Å². The van der Waals surface area contributed by atoms with Gasteiger partial charge in [-0.15, -0.1) is 0 Å². The van der Waals surface area contributed by atoms with Gasteiger partial charge in [-0.3, -0.25) is 9.59 Å². The molecular weight excluding hydrogens is 308 g/mol. The Balaban J connectivity index is 1.54. The topological polar surface area (TPSA) is 87.5 Å². The first-order valence-corrected chi connectivity index (χ1v) is 8.28. The van der Waals surface area contributed by atoms with Gasteiger partial charge in [0.05, 0.1) is 11.9 Å². The highest BCUT2D eigenvalue weighted by atomic mass is 16.3. The van der Waals surface area contributed by atoms with E-state index in [1.165, 1.54) is 19.4 Å². The number of aromatic nitrogens is 1. The number of pyridine rings is 1. The van der Waals surface area contributed by atoms with Crippen molar-refractivity contribution in [2.75, 3.05) is 25.0 Å². The van der Waals surface area contributed by atoms with Crippen LogP contribution in [-0.2, 0) is 4.79 Å². The molecule has 3 aliphatic rings. The predicted octanol–water partition coefficient (Wildman–Crippen LogP) is 1.61. The normalized spacial score (nSPS) is 25.6. The van der Waals surface area contributed by atoms with Gasteiger partial charge in [0.25, 0.3) is 5.91 Å². The zero-order valence-corrected chi connectivity index (χ0v) is 13.5. The van der Waals surface area contributed by atoms with Crippen LogP contribution in [0.3, 0.4) is 0 Å². The van der Waals surface area contributed by atoms with Gasteiger partial charge in [0.2, 0.25) is 5.91 Å². The zero-order valence-electron chi connectivity index (χ0n) is 13.5. The van der Waals surface area contributed by atoms with Crippen LogP contribution in [0.25, 0.3) is 11.0 Å². The van der Waals surface area contributed by atoms with E-state index in [0.717, 1.165) is 32.5 Å². The van der Waals surface area contributed by atoms with Crippen LogP contribution in [-0.4, -0.2) is 47.4 Å². The van der Waals surface area contributed by atoms with Crippen molar-refractivity contribution in [1.82, 2.24) is 15.2 Å². The summed E-state index contributed by atoms with van der Waals surface area (Å²) >= 11 is 0. The minimum atomic E-state index is -0.187. The number of hydrogen-bond acceptors (Lipinski definition) is 5. The maximum absolute atomic E-state index is 12.6. The predicted molar refractivity (Wildman–Crippen MR) is 88.7 cm³/mol. The van der Waals surface area contributed by atoms with Crippen LogP contribution in [0.2, 0.25) is 0 Å². The summed E-state index contributed by atoms with van der Waals surface area (Å²) in [5.41, 5.74) is 1.43. The Bertz CT molecular complexity index is 792. The van der Waals surface area contributed by atoms with Crippen molar-refractivity contribution in [2.24, 2.45) is 5.92 Å². The summed E-state index contributed by atoms with van der Waals surface area (Å²) < 4.78 is 5.36. The molecule has 3 saturated heterocycles. The number of carbonyl (C=O) groups is 2. The second-order valence-electron chi connectivity index (χ2n) is 6.61. The summed E-state index contributed by atoms with van der Waals surface area (Å²) in [6.45, 7) is 4.62. The van der Waals surface area contributed by atoms with Crippen molar-refractivity contribution in [3.05, 3.63) is 24.2 Å². The number of hydrogen-bond donors (Lipinski definition) is 2. The largest absolute Gasteiger partial charge is 0.460 e. The van der Waals surface area contributed by atoms with Crippen LogP contribution >= 0.6 is 0 Å². The number of fused-ring (bicyclic) bond motifs is 4. The minimum Gasteiger partial charge on any atom is -0.460 e. The number of rotatable bonds is 3. The molecule has 0 aliphatic carbocycles. The standard InChI is InChI=1S/C17H20N4O3/c1-10(22)19-15-9-24-16-7-18-13(6-12(15)16)17(23)20-14-8-21-4-2-11(14)3-5-21/h6-7,9,11,14H,2-5,8H2,1H3,(H,19,22)(H,20,23). The molecule has 2 amide bonds. The summed E-state index contributed by atoms with van der Waals surface area (Å²) in [5.74, 6) is 0.199. The van der Waals surface area contributed by atoms with Gasteiger partial charge in [-0.05, 0) is 37.9 Å². The van der Waals surface area contributed by atoms with Crippen molar-refractivity contribution >= 4 is 28.5 Å². The second kappa shape index (κ2) is 5.90. The van der Waals surface area contributed by atoms with E-state index in [1.54, 1.807) is 6.07 Å². The Morgan fingerprint density at radius 3 is 2.79 bits per heavy atom. The van der Waals surface area contributed by atoms with Crippen LogP contribution in [0.15, 0.2) is 22.9 Å². The van der Waals surface area contributed by atoms with Crippen LogP contribution in [0, 0.1) is 5.92 Å². The maximum Gasteiger partial charge on any atom is 0.270 e. The Labute approximate surface area is 139 Å². The third kappa shape index (κ3) is 2.75. The molecule has 3 aliphatic heterocycles. The van der Waals surface area contributed by atoms with Gasteiger partial charge in [0.15, 0.2) is 5.58 Å². The van der Waals surface area contributed by atoms with Crippen LogP contribution in [0.5, 0.6) is 0 Å². The molecule has 2 aromatic heterocycles. The third-order valence-corrected chi connectivity index (χ3v) is 4.98. The first kappa shape index (κ1) is 15.1. The number of amides is 2. The fourth-order valence-electron chi connectivity index (χ4n) is 3.71. The number of anilines is 1. The van der Waals surface area contributed by atoms with Gasteiger partial charge in [-0.2, -0.15) is 0 Å². The van der Waals surface area contributed by atoms with Gasteiger partial charge < -0.3 is 20.0 Å². The second-order valence-corrected chi connectivity index (χ2v) is 6.61. The summed E-state index contributed by atoms with van der Waals surface area (Å²) in [7, 11) is 0. The molecule has 24 heavy (non-hydrogen) atoms. The minimum absolute atomic E-state index is 0.175. The Morgan fingerprint density at radius 1 is 1.33 bits per heavy atom. The molecule has 2 N–H and O–H groups in total. The summed E-state index contributed by atoms with van der Waals surface area (Å²) in [4.78, 5) is 30.4. The molecule has 5 rings (SSSR count). The van der Waals surface area contributed by atoms with Gasteiger partial charge in [0, 0.05) is 24.9 Å². The van der Waals surface area contributed by atoms with Crippen molar-refractivity contribution in [1.29, 1.82) is 0 Å². The molecular formula is C17H20N4O3. The SMILES string of the molecule is CC(=O)Nc1coc2cnc(C(=O)NC3CN4CCC3CC4)cc12. The number of piperidine rings is 3. The van der Waals surface area contributed by atoms with Crippen LogP contribution in [0.1, 0.15) is 30.3 Å². The summed E-state index contributed by atoms with van der Waals surface area (Å²) in [5, 5.41) is 6.50. The molecule has 5 heterocycles. The molecule has 0 aromatic carbocycles. The van der Waals surface area contributed by atoms with Crippen LogP contribution < -0.4 is 10.6 Å². The smallest absolute Gasteiger partial charge is 0.270 e. The highest BCUT2D eigenvalue weighted by Gasteiger charge is 2.35. The van der Waals surface area contributed by atoms with Gasteiger partial charge >= 0.3 is 0 Å². The van der Waals surface area contributed by atoms with Gasteiger partial charge in [-0.25, -0.2) is 4.98 Å². The highest BCUT2D eigenvalue weighted by Crippen LogP contribution is 2.28. The number of carbonyl (C=O) groups excluding carboxylic acids is 2. The average Bonchev–Trinajstić information content (AvgIpc) is 2.97. The number of furan rings is 1. The molecule has 0 saturated carbocycles. The van der Waals surface area contributed by atoms with E-state index >= 15 is 0 Å². The van der Waals surface area contributed by atoms with E-state index < -0.39 is 0 Å². The van der Waals surface area contributed by atoms with Crippen LogP contribution in [0.4, 0.5) is 5.69 Å². The third-order valence-electron chi connectivity index (χ3n) is 4.98. The molecule has 0 radical (unpaired) electrons. The summed E-state index contributed by atoms with van der Waals surface area (Å²) in [6, 6.07) is 1.86. The maximum atomic E-state index is 12.6. The Kier molecular flexibility index (Phi) is 3.72. The number of nitrogens with one attached hydrogen (secondary N) is 2. The first-order valence-electron chi connectivity index (χ1n) is 8.28. The Morgan fingerprint density at radius 2 is 2.12 bits per heavy atom. The molecule has 0 spiro atoms.